The molecule has 1 N–H and O–H groups in total. The van der Waals surface area contributed by atoms with Crippen molar-refractivity contribution in [2.24, 2.45) is 0 Å². The van der Waals surface area contributed by atoms with Crippen molar-refractivity contribution in [2.75, 3.05) is 6.61 Å². The standard InChI is InChI=1S/C36H72O2/c1-3-5-7-9-11-13-15-17-19-21-23-25-27-29-31-33-35-38-36(37)34-32-30-28-26-24-22-20-18-16-14-12-10-8-6-4-2/h18,20,36-37H,3-17,19,21-35H2,1-2H3/b20-18-. The van der Waals surface area contributed by atoms with Gasteiger partial charge in [-0.05, 0) is 44.9 Å². The van der Waals surface area contributed by atoms with Gasteiger partial charge in [-0.3, -0.25) is 0 Å². The Kier molecular flexibility index (Phi) is 34.4. The van der Waals surface area contributed by atoms with E-state index in [2.05, 4.69) is 26.0 Å². The molecule has 0 aliphatic carbocycles. The Balaban J connectivity index is 3.18. The summed E-state index contributed by atoms with van der Waals surface area (Å²) in [5.41, 5.74) is 0. The van der Waals surface area contributed by atoms with E-state index < -0.39 is 6.29 Å². The van der Waals surface area contributed by atoms with Gasteiger partial charge < -0.3 is 9.84 Å². The second kappa shape index (κ2) is 34.7. The zero-order chi connectivity index (χ0) is 27.6. The molecule has 228 valence electrons. The van der Waals surface area contributed by atoms with Crippen molar-refractivity contribution >= 4 is 0 Å². The van der Waals surface area contributed by atoms with Gasteiger partial charge in [-0.2, -0.15) is 0 Å². The molecule has 1 unspecified atom stereocenters. The van der Waals surface area contributed by atoms with Crippen molar-refractivity contribution in [2.45, 2.75) is 213 Å². The van der Waals surface area contributed by atoms with Crippen LogP contribution in [0.4, 0.5) is 0 Å². The van der Waals surface area contributed by atoms with E-state index in [1.807, 2.05) is 0 Å². The van der Waals surface area contributed by atoms with Gasteiger partial charge >= 0.3 is 0 Å². The highest BCUT2D eigenvalue weighted by Gasteiger charge is 2.03. The Hall–Kier alpha value is -0.340. The minimum Gasteiger partial charge on any atom is -0.368 e. The molecule has 0 rings (SSSR count). The van der Waals surface area contributed by atoms with Crippen molar-refractivity contribution in [1.29, 1.82) is 0 Å². The van der Waals surface area contributed by atoms with Gasteiger partial charge in [-0.1, -0.05) is 174 Å². The number of ether oxygens (including phenoxy) is 1. The predicted molar refractivity (Wildman–Crippen MR) is 171 cm³/mol. The van der Waals surface area contributed by atoms with Crippen LogP contribution in [0.15, 0.2) is 12.2 Å². The molecule has 0 aromatic heterocycles. The van der Waals surface area contributed by atoms with Crippen LogP contribution in [-0.4, -0.2) is 18.0 Å². The Labute approximate surface area is 241 Å². The van der Waals surface area contributed by atoms with Gasteiger partial charge in [0.2, 0.25) is 0 Å². The molecule has 0 fully saturated rings. The quantitative estimate of drug-likeness (QED) is 0.0513. The molecular weight excluding hydrogens is 464 g/mol. The van der Waals surface area contributed by atoms with Gasteiger partial charge in [-0.15, -0.1) is 0 Å². The second-order valence-corrected chi connectivity index (χ2v) is 12.0. The maximum absolute atomic E-state index is 10.0. The topological polar surface area (TPSA) is 29.5 Å². The molecule has 0 aliphatic rings. The van der Waals surface area contributed by atoms with E-state index in [-0.39, 0.29) is 0 Å². The number of rotatable bonds is 33. The maximum Gasteiger partial charge on any atom is 0.154 e. The molecule has 0 aromatic carbocycles. The first-order chi connectivity index (χ1) is 18.8. The van der Waals surface area contributed by atoms with E-state index in [1.54, 1.807) is 0 Å². The second-order valence-electron chi connectivity index (χ2n) is 12.0. The Bertz CT molecular complexity index is 433. The van der Waals surface area contributed by atoms with Crippen LogP contribution in [0.3, 0.4) is 0 Å². The Morgan fingerprint density at radius 1 is 0.421 bits per heavy atom. The summed E-state index contributed by atoms with van der Waals surface area (Å²) in [6, 6.07) is 0. The lowest BCUT2D eigenvalue weighted by Gasteiger charge is -2.11. The zero-order valence-corrected chi connectivity index (χ0v) is 26.5. The monoisotopic (exact) mass is 537 g/mol. The highest BCUT2D eigenvalue weighted by molar-refractivity contribution is 4.81. The molecule has 2 heteroatoms. The molecule has 0 bridgehead atoms. The fourth-order valence-corrected chi connectivity index (χ4v) is 5.34. The van der Waals surface area contributed by atoms with E-state index in [0.29, 0.717) is 0 Å². The van der Waals surface area contributed by atoms with Gasteiger partial charge in [0, 0.05) is 6.61 Å². The molecule has 0 heterocycles. The van der Waals surface area contributed by atoms with Gasteiger partial charge in [-0.25, -0.2) is 0 Å². The highest BCUT2D eigenvalue weighted by Crippen LogP contribution is 2.15. The summed E-state index contributed by atoms with van der Waals surface area (Å²) in [4.78, 5) is 0. The zero-order valence-electron chi connectivity index (χ0n) is 26.5. The first-order valence-corrected chi connectivity index (χ1v) is 17.8. The lowest BCUT2D eigenvalue weighted by atomic mass is 10.0. The molecule has 0 spiro atoms. The minimum atomic E-state index is -0.545. The van der Waals surface area contributed by atoms with Gasteiger partial charge in [0.05, 0.1) is 0 Å². The molecule has 0 radical (unpaired) electrons. The molecule has 0 saturated heterocycles. The molecule has 0 saturated carbocycles. The van der Waals surface area contributed by atoms with Crippen LogP contribution in [-0.2, 0) is 4.74 Å². The van der Waals surface area contributed by atoms with Crippen molar-refractivity contribution in [3.8, 4) is 0 Å². The van der Waals surface area contributed by atoms with E-state index in [9.17, 15) is 5.11 Å². The third kappa shape index (κ3) is 33.7. The SMILES string of the molecule is CCCCCCCC/C=C\CCCCCCCC(O)OCCCCCCCCCCCCCCCCCC. The van der Waals surface area contributed by atoms with E-state index in [1.165, 1.54) is 173 Å². The first-order valence-electron chi connectivity index (χ1n) is 17.8. The van der Waals surface area contributed by atoms with Crippen molar-refractivity contribution in [3.63, 3.8) is 0 Å². The molecule has 0 aromatic rings. The van der Waals surface area contributed by atoms with Crippen LogP contribution in [0.25, 0.3) is 0 Å². The minimum absolute atomic E-state index is 0.545. The highest BCUT2D eigenvalue weighted by atomic mass is 16.6. The number of aliphatic hydroxyl groups is 1. The number of allylic oxidation sites excluding steroid dienone is 2. The predicted octanol–water partition coefficient (Wildman–Crippen LogP) is 12.6. The fourth-order valence-electron chi connectivity index (χ4n) is 5.34. The van der Waals surface area contributed by atoms with E-state index >= 15 is 0 Å². The molecular formula is C36H72O2. The Morgan fingerprint density at radius 2 is 0.737 bits per heavy atom. The lowest BCUT2D eigenvalue weighted by Crippen LogP contribution is -2.12. The van der Waals surface area contributed by atoms with Crippen molar-refractivity contribution in [3.05, 3.63) is 12.2 Å². The largest absolute Gasteiger partial charge is 0.368 e. The van der Waals surface area contributed by atoms with Crippen LogP contribution in [0.5, 0.6) is 0 Å². The van der Waals surface area contributed by atoms with Gasteiger partial charge in [0.15, 0.2) is 6.29 Å². The van der Waals surface area contributed by atoms with Crippen molar-refractivity contribution in [1.82, 2.24) is 0 Å². The molecule has 0 amide bonds. The van der Waals surface area contributed by atoms with E-state index in [4.69, 9.17) is 4.74 Å². The molecule has 1 atom stereocenters. The molecule has 2 nitrogen and oxygen atoms in total. The fraction of sp³-hybridized carbons (Fsp3) is 0.944. The summed E-state index contributed by atoms with van der Waals surface area (Å²) in [7, 11) is 0. The summed E-state index contributed by atoms with van der Waals surface area (Å²) in [5, 5.41) is 10.0. The lowest BCUT2D eigenvalue weighted by molar-refractivity contribution is -0.105. The molecule has 38 heavy (non-hydrogen) atoms. The van der Waals surface area contributed by atoms with Gasteiger partial charge in [0.1, 0.15) is 0 Å². The summed E-state index contributed by atoms with van der Waals surface area (Å²) >= 11 is 0. The van der Waals surface area contributed by atoms with Crippen LogP contribution in [0, 0.1) is 0 Å². The van der Waals surface area contributed by atoms with Gasteiger partial charge in [0.25, 0.3) is 0 Å². The average Bonchev–Trinajstić information content (AvgIpc) is 2.92. The number of hydrogen-bond donors (Lipinski definition) is 1. The number of unbranched alkanes of at least 4 members (excludes halogenated alkanes) is 26. The average molecular weight is 537 g/mol. The number of aliphatic hydroxyl groups excluding tert-OH is 1. The maximum atomic E-state index is 10.0. The van der Waals surface area contributed by atoms with Crippen LogP contribution < -0.4 is 0 Å². The third-order valence-corrected chi connectivity index (χ3v) is 8.02. The number of hydrogen-bond acceptors (Lipinski definition) is 2. The molecule has 0 aliphatic heterocycles. The van der Waals surface area contributed by atoms with E-state index in [0.717, 1.165) is 25.9 Å². The third-order valence-electron chi connectivity index (χ3n) is 8.02. The van der Waals surface area contributed by atoms with Crippen LogP contribution in [0.1, 0.15) is 206 Å². The summed E-state index contributed by atoms with van der Waals surface area (Å²) in [6.07, 6.45) is 44.4. The summed E-state index contributed by atoms with van der Waals surface area (Å²) in [6.45, 7) is 5.30. The van der Waals surface area contributed by atoms with Crippen molar-refractivity contribution < 1.29 is 9.84 Å². The van der Waals surface area contributed by atoms with Crippen LogP contribution in [0.2, 0.25) is 0 Å². The summed E-state index contributed by atoms with van der Waals surface area (Å²) in [5.74, 6) is 0. The first kappa shape index (κ1) is 37.7. The normalized spacial score (nSPS) is 12.6. The summed E-state index contributed by atoms with van der Waals surface area (Å²) < 4.78 is 5.63. The van der Waals surface area contributed by atoms with Crippen LogP contribution >= 0.6 is 0 Å². The Morgan fingerprint density at radius 3 is 1.13 bits per heavy atom. The smallest absolute Gasteiger partial charge is 0.154 e.